The summed E-state index contributed by atoms with van der Waals surface area (Å²) in [5.74, 6) is -0.577. The minimum absolute atomic E-state index is 0.257. The molecule has 4 rings (SSSR count). The Labute approximate surface area is 170 Å². The van der Waals surface area contributed by atoms with Gasteiger partial charge < -0.3 is 0 Å². The summed E-state index contributed by atoms with van der Waals surface area (Å²) in [4.78, 5) is 0. The van der Waals surface area contributed by atoms with E-state index in [0.29, 0.717) is 16.5 Å². The van der Waals surface area contributed by atoms with Crippen molar-refractivity contribution in [2.24, 2.45) is 0 Å². The van der Waals surface area contributed by atoms with Crippen molar-refractivity contribution >= 4 is 10.8 Å². The average Bonchev–Trinajstić information content (AvgIpc) is 2.74. The van der Waals surface area contributed by atoms with Gasteiger partial charge in [-0.1, -0.05) is 80.1 Å². The van der Waals surface area contributed by atoms with Crippen molar-refractivity contribution in [3.05, 3.63) is 107 Å². The summed E-state index contributed by atoms with van der Waals surface area (Å²) in [7, 11) is 0. The van der Waals surface area contributed by atoms with Crippen molar-refractivity contribution in [1.29, 1.82) is 0 Å². The van der Waals surface area contributed by atoms with Crippen LogP contribution in [0, 0.1) is 11.6 Å². The summed E-state index contributed by atoms with van der Waals surface area (Å²) in [6.45, 7) is 2.19. The smallest absolute Gasteiger partial charge is 0.138 e. The van der Waals surface area contributed by atoms with Gasteiger partial charge in [0.25, 0.3) is 0 Å². The average molecular weight is 386 g/mol. The van der Waals surface area contributed by atoms with Crippen LogP contribution in [-0.4, -0.2) is 0 Å². The van der Waals surface area contributed by atoms with Crippen LogP contribution in [0.3, 0.4) is 0 Å². The summed E-state index contributed by atoms with van der Waals surface area (Å²) in [6.07, 6.45) is 4.17. The van der Waals surface area contributed by atoms with Crippen molar-refractivity contribution in [3.8, 4) is 11.1 Å². The van der Waals surface area contributed by atoms with E-state index in [-0.39, 0.29) is 11.6 Å². The molecule has 0 bridgehead atoms. The lowest BCUT2D eigenvalue weighted by molar-refractivity contribution is 0.627. The van der Waals surface area contributed by atoms with Crippen LogP contribution < -0.4 is 0 Å². The molecule has 0 fully saturated rings. The van der Waals surface area contributed by atoms with Gasteiger partial charge in [-0.15, -0.1) is 0 Å². The third kappa shape index (κ3) is 4.37. The summed E-state index contributed by atoms with van der Waals surface area (Å²) < 4.78 is 28.2. The van der Waals surface area contributed by atoms with E-state index in [0.717, 1.165) is 31.1 Å². The zero-order valence-corrected chi connectivity index (χ0v) is 16.6. The monoisotopic (exact) mass is 386 g/mol. The molecule has 0 aliphatic heterocycles. The standard InChI is InChI=1S/C27H24F2/c1-2-3-19-4-6-20(7-5-19)8-9-21-10-16-26-23(18-21)13-17-25(27(26)29)22-11-14-24(28)15-12-22/h4-7,10-18H,2-3,8-9H2,1H3. The summed E-state index contributed by atoms with van der Waals surface area (Å²) >= 11 is 0. The highest BCUT2D eigenvalue weighted by atomic mass is 19.1. The molecular weight excluding hydrogens is 362 g/mol. The maximum Gasteiger partial charge on any atom is 0.138 e. The molecule has 0 amide bonds. The first-order valence-electron chi connectivity index (χ1n) is 10.2. The Morgan fingerprint density at radius 3 is 1.93 bits per heavy atom. The van der Waals surface area contributed by atoms with Crippen molar-refractivity contribution in [3.63, 3.8) is 0 Å². The first-order chi connectivity index (χ1) is 14.1. The molecule has 0 nitrogen and oxygen atoms in total. The van der Waals surface area contributed by atoms with E-state index in [4.69, 9.17) is 0 Å². The first-order valence-corrected chi connectivity index (χ1v) is 10.2. The Hall–Kier alpha value is -3.00. The minimum Gasteiger partial charge on any atom is -0.207 e. The Morgan fingerprint density at radius 2 is 1.24 bits per heavy atom. The van der Waals surface area contributed by atoms with Crippen molar-refractivity contribution < 1.29 is 8.78 Å². The number of fused-ring (bicyclic) bond motifs is 1. The lowest BCUT2D eigenvalue weighted by atomic mass is 9.97. The van der Waals surface area contributed by atoms with Crippen LogP contribution in [0.2, 0.25) is 0 Å². The van der Waals surface area contributed by atoms with E-state index in [2.05, 4.69) is 37.3 Å². The van der Waals surface area contributed by atoms with Crippen molar-refractivity contribution in [2.75, 3.05) is 0 Å². The molecule has 0 spiro atoms. The molecule has 0 saturated heterocycles. The van der Waals surface area contributed by atoms with E-state index >= 15 is 4.39 Å². The van der Waals surface area contributed by atoms with E-state index in [9.17, 15) is 4.39 Å². The van der Waals surface area contributed by atoms with Crippen LogP contribution in [0.1, 0.15) is 30.0 Å². The maximum atomic E-state index is 15.0. The Morgan fingerprint density at radius 1 is 0.621 bits per heavy atom. The van der Waals surface area contributed by atoms with Crippen LogP contribution in [0.5, 0.6) is 0 Å². The van der Waals surface area contributed by atoms with Gasteiger partial charge in [-0.3, -0.25) is 0 Å². The SMILES string of the molecule is CCCc1ccc(CCc2ccc3c(F)c(-c4ccc(F)cc4)ccc3c2)cc1. The summed E-state index contributed by atoms with van der Waals surface area (Å²) in [6, 6.07) is 24.4. The zero-order valence-electron chi connectivity index (χ0n) is 16.6. The highest BCUT2D eigenvalue weighted by Crippen LogP contribution is 2.30. The number of rotatable bonds is 6. The molecule has 4 aromatic rings. The van der Waals surface area contributed by atoms with Crippen LogP contribution >= 0.6 is 0 Å². The summed E-state index contributed by atoms with van der Waals surface area (Å²) in [5.41, 5.74) is 5.08. The predicted molar refractivity (Wildman–Crippen MR) is 117 cm³/mol. The summed E-state index contributed by atoms with van der Waals surface area (Å²) in [5, 5.41) is 1.49. The van der Waals surface area contributed by atoms with Gasteiger partial charge in [0.15, 0.2) is 0 Å². The van der Waals surface area contributed by atoms with Crippen LogP contribution in [0.25, 0.3) is 21.9 Å². The third-order valence-corrected chi connectivity index (χ3v) is 5.44. The fraction of sp³-hybridized carbons (Fsp3) is 0.185. The second kappa shape index (κ2) is 8.57. The fourth-order valence-electron chi connectivity index (χ4n) is 3.80. The largest absolute Gasteiger partial charge is 0.207 e. The predicted octanol–water partition coefficient (Wildman–Crippen LogP) is 7.52. The molecule has 0 unspecified atom stereocenters. The third-order valence-electron chi connectivity index (χ3n) is 5.44. The van der Waals surface area contributed by atoms with Gasteiger partial charge in [0, 0.05) is 10.9 Å². The molecule has 0 saturated carbocycles. The second-order valence-electron chi connectivity index (χ2n) is 7.56. The van der Waals surface area contributed by atoms with E-state index < -0.39 is 0 Å². The van der Waals surface area contributed by atoms with Gasteiger partial charge in [-0.05, 0) is 59.0 Å². The molecule has 2 heteroatoms. The molecule has 0 aromatic heterocycles. The fourth-order valence-corrected chi connectivity index (χ4v) is 3.80. The quantitative estimate of drug-likeness (QED) is 0.321. The van der Waals surface area contributed by atoms with Gasteiger partial charge >= 0.3 is 0 Å². The highest BCUT2D eigenvalue weighted by molar-refractivity contribution is 5.88. The highest BCUT2D eigenvalue weighted by Gasteiger charge is 2.10. The molecule has 0 aliphatic rings. The lowest BCUT2D eigenvalue weighted by Crippen LogP contribution is -1.93. The molecule has 0 atom stereocenters. The number of halogens is 2. The Kier molecular flexibility index (Phi) is 5.71. The first kappa shape index (κ1) is 19.3. The Bertz CT molecular complexity index is 1110. The molecule has 29 heavy (non-hydrogen) atoms. The maximum absolute atomic E-state index is 15.0. The molecule has 0 heterocycles. The van der Waals surface area contributed by atoms with E-state index in [1.165, 1.54) is 28.8 Å². The number of aryl methyl sites for hydroxylation is 3. The Balaban J connectivity index is 1.53. The molecular formula is C27H24F2. The molecule has 146 valence electrons. The molecule has 0 radical (unpaired) electrons. The number of benzene rings is 4. The van der Waals surface area contributed by atoms with E-state index in [1.807, 2.05) is 18.2 Å². The zero-order chi connectivity index (χ0) is 20.2. The van der Waals surface area contributed by atoms with Gasteiger partial charge in [0.2, 0.25) is 0 Å². The van der Waals surface area contributed by atoms with Gasteiger partial charge in [0.1, 0.15) is 11.6 Å². The van der Waals surface area contributed by atoms with Crippen LogP contribution in [-0.2, 0) is 19.3 Å². The van der Waals surface area contributed by atoms with Gasteiger partial charge in [-0.2, -0.15) is 0 Å². The second-order valence-corrected chi connectivity index (χ2v) is 7.56. The van der Waals surface area contributed by atoms with Crippen LogP contribution in [0.4, 0.5) is 8.78 Å². The van der Waals surface area contributed by atoms with Crippen LogP contribution in [0.15, 0.2) is 78.9 Å². The molecule has 0 N–H and O–H groups in total. The lowest BCUT2D eigenvalue weighted by Gasteiger charge is -2.09. The molecule has 0 aliphatic carbocycles. The molecule has 4 aromatic carbocycles. The van der Waals surface area contributed by atoms with E-state index in [1.54, 1.807) is 18.2 Å². The van der Waals surface area contributed by atoms with Crippen molar-refractivity contribution in [2.45, 2.75) is 32.6 Å². The topological polar surface area (TPSA) is 0 Å². The van der Waals surface area contributed by atoms with Gasteiger partial charge in [0.05, 0.1) is 0 Å². The number of hydrogen-bond donors (Lipinski definition) is 0. The number of hydrogen-bond acceptors (Lipinski definition) is 0. The van der Waals surface area contributed by atoms with Crippen molar-refractivity contribution in [1.82, 2.24) is 0 Å². The normalized spacial score (nSPS) is 11.1. The minimum atomic E-state index is -0.320. The van der Waals surface area contributed by atoms with Gasteiger partial charge in [-0.25, -0.2) is 8.78 Å².